The molecular formula is C11H10ClFN2O6. The molecule has 10 heteroatoms. The van der Waals surface area contributed by atoms with Crippen LogP contribution in [0.3, 0.4) is 0 Å². The lowest BCUT2D eigenvalue weighted by molar-refractivity contribution is -0.160. The number of aliphatic hydroxyl groups is 1. The Balaban J connectivity index is 2.03. The van der Waals surface area contributed by atoms with Gasteiger partial charge in [0.2, 0.25) is 5.60 Å². The van der Waals surface area contributed by atoms with Crippen LogP contribution in [0.1, 0.15) is 13.2 Å². The van der Waals surface area contributed by atoms with Crippen LogP contribution in [0, 0.1) is 0 Å². The maximum absolute atomic E-state index is 14.9. The third-order valence-electron chi connectivity index (χ3n) is 3.56. The summed E-state index contributed by atoms with van der Waals surface area (Å²) in [6.07, 6.45) is -3.27. The normalized spacial score (nSPS) is 40.7. The number of carbonyl (C=O) groups is 1. The van der Waals surface area contributed by atoms with Crippen LogP contribution in [0.25, 0.3) is 0 Å². The first-order valence-corrected chi connectivity index (χ1v) is 6.32. The highest BCUT2D eigenvalue weighted by molar-refractivity contribution is 6.24. The van der Waals surface area contributed by atoms with Crippen molar-refractivity contribution in [3.63, 3.8) is 0 Å². The molecule has 21 heavy (non-hydrogen) atoms. The fourth-order valence-electron chi connectivity index (χ4n) is 2.57. The summed E-state index contributed by atoms with van der Waals surface area (Å²) < 4.78 is 25.6. The Morgan fingerprint density at radius 1 is 1.62 bits per heavy atom. The molecule has 1 aromatic heterocycles. The first kappa shape index (κ1) is 14.2. The van der Waals surface area contributed by atoms with Crippen LogP contribution in [0.4, 0.5) is 4.39 Å². The molecule has 2 N–H and O–H groups in total. The molecule has 2 fully saturated rings. The van der Waals surface area contributed by atoms with Gasteiger partial charge in [-0.1, -0.05) is 11.6 Å². The number of rotatable bonds is 2. The SMILES string of the molecule is CC(=O)OC12C(O)C1OC(n1ccc(=O)[nH]c1=O)C2(F)Cl. The van der Waals surface area contributed by atoms with E-state index in [0.717, 1.165) is 23.8 Å². The molecule has 1 saturated heterocycles. The van der Waals surface area contributed by atoms with E-state index in [9.17, 15) is 23.9 Å². The maximum Gasteiger partial charge on any atom is 0.330 e. The second-order valence-corrected chi connectivity index (χ2v) is 5.43. The molecular weight excluding hydrogens is 311 g/mol. The summed E-state index contributed by atoms with van der Waals surface area (Å²) in [5.41, 5.74) is -3.68. The number of ether oxygens (including phenoxy) is 2. The highest BCUT2D eigenvalue weighted by Gasteiger charge is 2.88. The van der Waals surface area contributed by atoms with Crippen LogP contribution in [-0.4, -0.2) is 43.6 Å². The summed E-state index contributed by atoms with van der Waals surface area (Å²) in [7, 11) is 0. The zero-order valence-electron chi connectivity index (χ0n) is 10.6. The number of carbonyl (C=O) groups excluding carboxylic acids is 1. The molecule has 1 aliphatic heterocycles. The summed E-state index contributed by atoms with van der Waals surface area (Å²) in [4.78, 5) is 35.7. The Kier molecular flexibility index (Phi) is 2.81. The van der Waals surface area contributed by atoms with Crippen molar-refractivity contribution in [2.24, 2.45) is 0 Å². The van der Waals surface area contributed by atoms with Gasteiger partial charge in [-0.2, -0.15) is 0 Å². The van der Waals surface area contributed by atoms with E-state index >= 15 is 0 Å². The van der Waals surface area contributed by atoms with Crippen molar-refractivity contribution in [2.75, 3.05) is 0 Å². The number of hydrogen-bond acceptors (Lipinski definition) is 6. The van der Waals surface area contributed by atoms with Crippen LogP contribution in [0.2, 0.25) is 0 Å². The number of nitrogens with one attached hydrogen (secondary N) is 1. The minimum absolute atomic E-state index is 0.673. The fraction of sp³-hybridized carbons (Fsp3) is 0.545. The van der Waals surface area contributed by atoms with Gasteiger partial charge in [-0.05, 0) is 0 Å². The number of H-pyrrole nitrogens is 1. The Bertz CT molecular complexity index is 730. The van der Waals surface area contributed by atoms with E-state index in [1.165, 1.54) is 0 Å². The van der Waals surface area contributed by atoms with Gasteiger partial charge in [0.25, 0.3) is 10.7 Å². The molecule has 0 bridgehead atoms. The van der Waals surface area contributed by atoms with Gasteiger partial charge in [0, 0.05) is 19.2 Å². The minimum Gasteiger partial charge on any atom is -0.448 e. The molecule has 2 aliphatic rings. The van der Waals surface area contributed by atoms with Gasteiger partial charge < -0.3 is 14.6 Å². The average Bonchev–Trinajstić information content (AvgIpc) is 2.82. The molecule has 5 unspecified atom stereocenters. The number of halogens is 2. The number of esters is 1. The van der Waals surface area contributed by atoms with Gasteiger partial charge in [0.05, 0.1) is 0 Å². The Labute approximate surface area is 121 Å². The quantitative estimate of drug-likeness (QED) is 0.535. The zero-order valence-corrected chi connectivity index (χ0v) is 11.3. The summed E-state index contributed by atoms with van der Waals surface area (Å²) in [5.74, 6) is -0.850. The molecule has 5 atom stereocenters. The average molecular weight is 321 g/mol. The molecule has 1 aliphatic carbocycles. The van der Waals surface area contributed by atoms with Crippen LogP contribution >= 0.6 is 11.6 Å². The van der Waals surface area contributed by atoms with Crippen molar-refractivity contribution in [3.8, 4) is 0 Å². The third-order valence-corrected chi connectivity index (χ3v) is 4.04. The predicted octanol–water partition coefficient (Wildman–Crippen LogP) is -0.985. The van der Waals surface area contributed by atoms with E-state index in [1.54, 1.807) is 0 Å². The first-order valence-electron chi connectivity index (χ1n) is 5.94. The van der Waals surface area contributed by atoms with Gasteiger partial charge in [0.1, 0.15) is 12.2 Å². The van der Waals surface area contributed by atoms with Crippen molar-refractivity contribution in [2.45, 2.75) is 36.1 Å². The lowest BCUT2D eigenvalue weighted by Crippen LogP contribution is -2.48. The zero-order chi connectivity index (χ0) is 15.6. The van der Waals surface area contributed by atoms with E-state index in [-0.39, 0.29) is 0 Å². The Morgan fingerprint density at radius 3 is 2.86 bits per heavy atom. The molecule has 0 radical (unpaired) electrons. The lowest BCUT2D eigenvalue weighted by atomic mass is 10.1. The van der Waals surface area contributed by atoms with Gasteiger partial charge >= 0.3 is 11.7 Å². The largest absolute Gasteiger partial charge is 0.448 e. The highest BCUT2D eigenvalue weighted by atomic mass is 35.5. The summed E-state index contributed by atoms with van der Waals surface area (Å²) in [6.45, 7) is 1.03. The molecule has 2 heterocycles. The highest BCUT2D eigenvalue weighted by Crippen LogP contribution is 2.65. The van der Waals surface area contributed by atoms with Gasteiger partial charge in [-0.15, -0.1) is 0 Å². The predicted molar refractivity (Wildman–Crippen MR) is 65.4 cm³/mol. The Morgan fingerprint density at radius 2 is 2.29 bits per heavy atom. The summed E-state index contributed by atoms with van der Waals surface area (Å²) in [5, 5.41) is 6.82. The number of alkyl halides is 2. The number of nitrogens with zero attached hydrogens (tertiary/aromatic N) is 1. The second-order valence-electron chi connectivity index (χ2n) is 4.88. The molecule has 3 rings (SSSR count). The van der Waals surface area contributed by atoms with Crippen molar-refractivity contribution in [1.82, 2.24) is 9.55 Å². The fourth-order valence-corrected chi connectivity index (χ4v) is 2.99. The smallest absolute Gasteiger partial charge is 0.330 e. The van der Waals surface area contributed by atoms with Gasteiger partial charge in [-0.25, -0.2) is 9.18 Å². The molecule has 1 aromatic rings. The van der Waals surface area contributed by atoms with Crippen molar-refractivity contribution in [3.05, 3.63) is 33.1 Å². The topological polar surface area (TPSA) is 111 Å². The molecule has 114 valence electrons. The Hall–Kier alpha value is -1.71. The van der Waals surface area contributed by atoms with Crippen LogP contribution in [0.15, 0.2) is 21.9 Å². The molecule has 8 nitrogen and oxygen atoms in total. The van der Waals surface area contributed by atoms with Crippen molar-refractivity contribution in [1.29, 1.82) is 0 Å². The number of aromatic amines is 1. The van der Waals surface area contributed by atoms with Crippen LogP contribution < -0.4 is 11.2 Å². The number of aliphatic hydroxyl groups excluding tert-OH is 1. The van der Waals surface area contributed by atoms with E-state index < -0.39 is 46.4 Å². The van der Waals surface area contributed by atoms with Crippen molar-refractivity contribution >= 4 is 17.6 Å². The number of hydrogen-bond donors (Lipinski definition) is 2. The van der Waals surface area contributed by atoms with E-state index in [0.29, 0.717) is 0 Å². The second kappa shape index (κ2) is 4.15. The molecule has 1 saturated carbocycles. The van der Waals surface area contributed by atoms with E-state index in [1.807, 2.05) is 4.98 Å². The van der Waals surface area contributed by atoms with E-state index in [2.05, 4.69) is 0 Å². The standard InChI is InChI=1S/C11H10ClFN2O6/c1-4(16)21-10-6(18)7(10)20-8(11(10,12)13)15-3-2-5(17)14-9(15)19/h2-3,6-8,18H,1H3,(H,14,17,19). The van der Waals surface area contributed by atoms with Crippen LogP contribution in [0.5, 0.6) is 0 Å². The number of aromatic nitrogens is 2. The van der Waals surface area contributed by atoms with Crippen LogP contribution in [-0.2, 0) is 14.3 Å². The van der Waals surface area contributed by atoms with Gasteiger partial charge in [-0.3, -0.25) is 19.1 Å². The summed E-state index contributed by atoms with van der Waals surface area (Å²) in [6, 6.07) is 0.983. The van der Waals surface area contributed by atoms with Crippen molar-refractivity contribution < 1.29 is 23.8 Å². The first-order chi connectivity index (χ1) is 9.71. The summed E-state index contributed by atoms with van der Waals surface area (Å²) >= 11 is 5.79. The number of fused-ring (bicyclic) bond motifs is 1. The minimum atomic E-state index is -2.87. The monoisotopic (exact) mass is 320 g/mol. The van der Waals surface area contributed by atoms with Gasteiger partial charge in [0.15, 0.2) is 6.23 Å². The molecule has 0 spiro atoms. The third kappa shape index (κ3) is 1.71. The van der Waals surface area contributed by atoms with E-state index in [4.69, 9.17) is 21.1 Å². The molecule has 0 amide bonds. The maximum atomic E-state index is 14.9. The lowest BCUT2D eigenvalue weighted by Gasteiger charge is -2.29. The molecule has 0 aromatic carbocycles.